The second kappa shape index (κ2) is 11.1. The number of carbonyl (C=O) groups excluding carboxylic acids is 3. The third kappa shape index (κ3) is 6.38. The molecule has 10 nitrogen and oxygen atoms in total. The Bertz CT molecular complexity index is 1340. The third-order valence-electron chi connectivity index (χ3n) is 6.18. The summed E-state index contributed by atoms with van der Waals surface area (Å²) >= 11 is 0. The van der Waals surface area contributed by atoms with Crippen LogP contribution < -0.4 is 15.5 Å². The minimum atomic E-state index is -0.835. The van der Waals surface area contributed by atoms with Crippen molar-refractivity contribution in [2.45, 2.75) is 45.9 Å². The van der Waals surface area contributed by atoms with Gasteiger partial charge >= 0.3 is 6.09 Å². The molecule has 3 N–H and O–H groups in total. The molecule has 0 bridgehead atoms. The lowest BCUT2D eigenvalue weighted by Crippen LogP contribution is -2.45. The van der Waals surface area contributed by atoms with Crippen LogP contribution in [0.5, 0.6) is 5.75 Å². The molecule has 1 aliphatic rings. The van der Waals surface area contributed by atoms with Gasteiger partial charge < -0.3 is 19.7 Å². The highest BCUT2D eigenvalue weighted by molar-refractivity contribution is 5.95. The maximum Gasteiger partial charge on any atom is 0.410 e. The number of benzene rings is 2. The van der Waals surface area contributed by atoms with Crippen molar-refractivity contribution >= 4 is 28.8 Å². The van der Waals surface area contributed by atoms with Crippen LogP contribution in [0.1, 0.15) is 42.4 Å². The molecule has 0 radical (unpaired) electrons. The van der Waals surface area contributed by atoms with Crippen molar-refractivity contribution in [3.05, 3.63) is 71.4 Å². The second-order valence-electron chi connectivity index (χ2n) is 10.3. The van der Waals surface area contributed by atoms with Crippen LogP contribution in [0.2, 0.25) is 0 Å². The van der Waals surface area contributed by atoms with Gasteiger partial charge in [0, 0.05) is 35.3 Å². The van der Waals surface area contributed by atoms with Gasteiger partial charge in [0.25, 0.3) is 5.91 Å². The smallest absolute Gasteiger partial charge is 0.410 e. The number of para-hydroxylation sites is 1. The molecule has 0 saturated carbocycles. The molecule has 1 aliphatic heterocycles. The first kappa shape index (κ1) is 26.9. The zero-order chi connectivity index (χ0) is 27.4. The van der Waals surface area contributed by atoms with E-state index in [0.29, 0.717) is 17.9 Å². The summed E-state index contributed by atoms with van der Waals surface area (Å²) in [6, 6.07) is 15.8. The molecule has 2 atom stereocenters. The van der Waals surface area contributed by atoms with Crippen LogP contribution in [0.25, 0.3) is 10.9 Å². The molecule has 2 unspecified atom stereocenters. The minimum absolute atomic E-state index is 0.00218. The maximum atomic E-state index is 12.9. The number of amides is 3. The number of nitrogens with one attached hydrogen (secondary N) is 2. The fraction of sp³-hybridized carbons (Fsp3) is 0.357. The average Bonchev–Trinajstić information content (AvgIpc) is 3.30. The van der Waals surface area contributed by atoms with Gasteiger partial charge in [-0.25, -0.2) is 10.3 Å². The van der Waals surface area contributed by atoms with E-state index < -0.39 is 35.5 Å². The molecule has 4 rings (SSSR count). The monoisotopic (exact) mass is 520 g/mol. The Morgan fingerprint density at radius 1 is 1.08 bits per heavy atom. The van der Waals surface area contributed by atoms with Crippen LogP contribution in [-0.4, -0.2) is 57.7 Å². The molecule has 10 heteroatoms. The summed E-state index contributed by atoms with van der Waals surface area (Å²) in [4.78, 5) is 43.6. The van der Waals surface area contributed by atoms with E-state index in [9.17, 15) is 14.4 Å². The summed E-state index contributed by atoms with van der Waals surface area (Å²) in [5, 5.41) is 13.0. The number of carbonyl (C=O) groups is 3. The Morgan fingerprint density at radius 3 is 2.47 bits per heavy atom. The van der Waals surface area contributed by atoms with Gasteiger partial charge in [-0.3, -0.25) is 19.8 Å². The normalized spacial score (nSPS) is 17.2. The van der Waals surface area contributed by atoms with Crippen molar-refractivity contribution < 1.29 is 29.1 Å². The zero-order valence-electron chi connectivity index (χ0n) is 21.9. The molecule has 2 heterocycles. The third-order valence-corrected chi connectivity index (χ3v) is 6.18. The second-order valence-corrected chi connectivity index (χ2v) is 10.3. The van der Waals surface area contributed by atoms with Crippen LogP contribution in [0.15, 0.2) is 54.6 Å². The van der Waals surface area contributed by atoms with Gasteiger partial charge in [-0.2, -0.15) is 0 Å². The molecule has 38 heavy (non-hydrogen) atoms. The van der Waals surface area contributed by atoms with E-state index in [4.69, 9.17) is 14.7 Å². The van der Waals surface area contributed by atoms with E-state index in [2.05, 4.69) is 10.3 Å². The molecule has 2 aromatic carbocycles. The molecule has 3 aromatic rings. The summed E-state index contributed by atoms with van der Waals surface area (Å²) in [5.41, 5.74) is 4.09. The van der Waals surface area contributed by atoms with Gasteiger partial charge in [-0.05, 0) is 64.1 Å². The Labute approximate surface area is 220 Å². The maximum absolute atomic E-state index is 12.9. The lowest BCUT2D eigenvalue weighted by atomic mass is 10.0. The predicted molar refractivity (Wildman–Crippen MR) is 140 cm³/mol. The fourth-order valence-electron chi connectivity index (χ4n) is 4.40. The van der Waals surface area contributed by atoms with E-state index in [1.807, 2.05) is 37.3 Å². The Kier molecular flexibility index (Phi) is 7.82. The van der Waals surface area contributed by atoms with Gasteiger partial charge in [0.15, 0.2) is 0 Å². The summed E-state index contributed by atoms with van der Waals surface area (Å²) in [5.74, 6) is -1.35. The van der Waals surface area contributed by atoms with Gasteiger partial charge in [-0.1, -0.05) is 18.2 Å². The minimum Gasteiger partial charge on any atom is -0.489 e. The first-order chi connectivity index (χ1) is 18.0. The number of rotatable bonds is 6. The Hall–Kier alpha value is -4.18. The van der Waals surface area contributed by atoms with Crippen LogP contribution in [0.3, 0.4) is 0 Å². The largest absolute Gasteiger partial charge is 0.489 e. The molecule has 1 aromatic heterocycles. The van der Waals surface area contributed by atoms with Crippen LogP contribution in [0, 0.1) is 12.8 Å². The first-order valence-corrected chi connectivity index (χ1v) is 12.3. The van der Waals surface area contributed by atoms with E-state index >= 15 is 0 Å². The van der Waals surface area contributed by atoms with Crippen LogP contribution >= 0.6 is 0 Å². The number of hydrogen-bond acceptors (Lipinski definition) is 7. The number of fused-ring (bicyclic) bond motifs is 1. The molecule has 1 fully saturated rings. The van der Waals surface area contributed by atoms with E-state index in [1.165, 1.54) is 4.90 Å². The lowest BCUT2D eigenvalue weighted by Gasteiger charge is -2.24. The lowest BCUT2D eigenvalue weighted by molar-refractivity contribution is -0.133. The summed E-state index contributed by atoms with van der Waals surface area (Å²) in [6.07, 6.45) is -0.594. The topological polar surface area (TPSA) is 130 Å². The van der Waals surface area contributed by atoms with Gasteiger partial charge in [0.05, 0.1) is 17.5 Å². The highest BCUT2D eigenvalue weighted by Crippen LogP contribution is 2.23. The Morgan fingerprint density at radius 2 is 1.79 bits per heavy atom. The number of nitrogens with zero attached hydrogens (tertiary/aromatic N) is 2. The molecule has 1 saturated heterocycles. The first-order valence-electron chi connectivity index (χ1n) is 12.3. The number of aryl methyl sites for hydroxylation is 1. The van der Waals surface area contributed by atoms with Gasteiger partial charge in [0.1, 0.15) is 18.0 Å². The molecule has 3 amide bonds. The van der Waals surface area contributed by atoms with Crippen molar-refractivity contribution in [3.8, 4) is 5.75 Å². The van der Waals surface area contributed by atoms with Crippen molar-refractivity contribution in [2.75, 3.05) is 13.1 Å². The highest BCUT2D eigenvalue weighted by Gasteiger charge is 2.41. The highest BCUT2D eigenvalue weighted by atomic mass is 16.6. The fourth-order valence-corrected chi connectivity index (χ4v) is 4.40. The van der Waals surface area contributed by atoms with Crippen LogP contribution in [-0.2, 0) is 16.1 Å². The predicted octanol–water partition coefficient (Wildman–Crippen LogP) is 3.59. The molecule has 0 spiro atoms. The van der Waals surface area contributed by atoms with E-state index in [1.54, 1.807) is 50.5 Å². The summed E-state index contributed by atoms with van der Waals surface area (Å²) in [7, 11) is 0. The Balaban J connectivity index is 1.40. The van der Waals surface area contributed by atoms with E-state index in [-0.39, 0.29) is 13.1 Å². The summed E-state index contributed by atoms with van der Waals surface area (Å²) < 4.78 is 11.4. The average molecular weight is 521 g/mol. The molecule has 0 aliphatic carbocycles. The number of likely N-dealkylation sites (tertiary alicyclic amines) is 1. The van der Waals surface area contributed by atoms with Gasteiger partial charge in [-0.15, -0.1) is 0 Å². The van der Waals surface area contributed by atoms with Crippen molar-refractivity contribution in [1.82, 2.24) is 20.7 Å². The van der Waals surface area contributed by atoms with Crippen molar-refractivity contribution in [2.24, 2.45) is 5.92 Å². The standard InChI is InChI=1S/C28H32N4O6/c1-17-13-19(21-7-5-6-8-23(21)29-17)16-37-20-11-9-18(10-12-20)25(33)30-24-15-32(14-22(24)26(34)31-36)27(35)38-28(2,3)4/h5-13,22,24,36H,14-16H2,1-4H3,(H,30,33)(H,31,34). The molecule has 200 valence electrons. The van der Waals surface area contributed by atoms with Crippen LogP contribution in [0.4, 0.5) is 4.79 Å². The van der Waals surface area contributed by atoms with E-state index in [0.717, 1.165) is 22.2 Å². The van der Waals surface area contributed by atoms with Crippen molar-refractivity contribution in [3.63, 3.8) is 0 Å². The number of pyridine rings is 1. The quantitative estimate of drug-likeness (QED) is 0.334. The molecular formula is C28H32N4O6. The van der Waals surface area contributed by atoms with Crippen molar-refractivity contribution in [1.29, 1.82) is 0 Å². The van der Waals surface area contributed by atoms with Gasteiger partial charge in [0.2, 0.25) is 5.91 Å². The molecular weight excluding hydrogens is 488 g/mol. The number of hydrogen-bond donors (Lipinski definition) is 3. The number of hydroxylamine groups is 1. The summed E-state index contributed by atoms with van der Waals surface area (Å²) in [6.45, 7) is 7.58. The zero-order valence-corrected chi connectivity index (χ0v) is 21.9. The number of aromatic nitrogens is 1. The SMILES string of the molecule is Cc1cc(COc2ccc(C(=O)NC3CN(C(=O)OC(C)(C)C)CC3C(=O)NO)cc2)c2ccccc2n1. The number of ether oxygens (including phenoxy) is 2.